The lowest BCUT2D eigenvalue weighted by Gasteiger charge is -2.27. The Bertz CT molecular complexity index is 1140. The molecule has 0 atom stereocenters. The quantitative estimate of drug-likeness (QED) is 0.257. The molecule has 178 valence electrons. The summed E-state index contributed by atoms with van der Waals surface area (Å²) in [7, 11) is 0. The zero-order valence-electron chi connectivity index (χ0n) is 19.0. The second-order valence-electron chi connectivity index (χ2n) is 8.26. The van der Waals surface area contributed by atoms with Crippen molar-refractivity contribution in [2.45, 2.75) is 32.0 Å². The van der Waals surface area contributed by atoms with Crippen molar-refractivity contribution in [3.8, 4) is 28.0 Å². The van der Waals surface area contributed by atoms with Crippen LogP contribution in [-0.2, 0) is 9.47 Å². The van der Waals surface area contributed by atoms with Gasteiger partial charge in [0.05, 0.1) is 19.8 Å². The molecule has 0 bridgehead atoms. The lowest BCUT2D eigenvalue weighted by molar-refractivity contribution is -0.176. The standard InChI is InChI=1S/C28H27F3O3/c1-3-4-5-14-32-26-13-12-24(27(30)28(26)31)20-8-6-19(7-9-20)21-10-11-23(25(29)15-21)22-16-33-18(2)34-17-22/h3,6-13,15,18,22H,1,4-5,14,16-17H2,2H3. The van der Waals surface area contributed by atoms with Gasteiger partial charge in [-0.2, -0.15) is 4.39 Å². The Kier molecular flexibility index (Phi) is 7.70. The van der Waals surface area contributed by atoms with Crippen molar-refractivity contribution in [2.75, 3.05) is 19.8 Å². The molecule has 4 rings (SSSR count). The van der Waals surface area contributed by atoms with E-state index in [9.17, 15) is 13.2 Å². The predicted molar refractivity (Wildman–Crippen MR) is 126 cm³/mol. The van der Waals surface area contributed by atoms with E-state index in [2.05, 4.69) is 6.58 Å². The Hall–Kier alpha value is -3.09. The Balaban J connectivity index is 1.49. The third kappa shape index (κ3) is 5.34. The third-order valence-corrected chi connectivity index (χ3v) is 5.89. The number of benzene rings is 3. The highest BCUT2D eigenvalue weighted by Gasteiger charge is 2.23. The molecule has 1 aliphatic heterocycles. The number of unbranched alkanes of at least 4 members (excludes halogenated alkanes) is 1. The summed E-state index contributed by atoms with van der Waals surface area (Å²) >= 11 is 0. The average molecular weight is 469 g/mol. The van der Waals surface area contributed by atoms with Gasteiger partial charge in [0.25, 0.3) is 0 Å². The molecule has 34 heavy (non-hydrogen) atoms. The van der Waals surface area contributed by atoms with Gasteiger partial charge >= 0.3 is 0 Å². The highest BCUT2D eigenvalue weighted by Crippen LogP contribution is 2.33. The number of hydrogen-bond donors (Lipinski definition) is 0. The summed E-state index contributed by atoms with van der Waals surface area (Å²) in [5, 5.41) is 0. The van der Waals surface area contributed by atoms with Crippen molar-refractivity contribution in [1.29, 1.82) is 0 Å². The topological polar surface area (TPSA) is 27.7 Å². The van der Waals surface area contributed by atoms with Gasteiger partial charge in [-0.3, -0.25) is 0 Å². The SMILES string of the molecule is C=CCCCOc1ccc(-c2ccc(-c3ccc(C4COC(C)OC4)c(F)c3)cc2)c(F)c1F. The summed E-state index contributed by atoms with van der Waals surface area (Å²) in [6, 6.07) is 14.9. The maximum atomic E-state index is 14.8. The molecule has 0 amide bonds. The van der Waals surface area contributed by atoms with E-state index < -0.39 is 11.6 Å². The molecule has 0 aromatic heterocycles. The molecular formula is C28H27F3O3. The molecule has 1 saturated heterocycles. The van der Waals surface area contributed by atoms with Gasteiger partial charge in [-0.25, -0.2) is 8.78 Å². The Labute approximate surface area is 197 Å². The van der Waals surface area contributed by atoms with Crippen molar-refractivity contribution in [2.24, 2.45) is 0 Å². The van der Waals surface area contributed by atoms with Gasteiger partial charge in [0.1, 0.15) is 5.82 Å². The summed E-state index contributed by atoms with van der Waals surface area (Å²) in [5.74, 6) is -2.57. The van der Waals surface area contributed by atoms with Gasteiger partial charge in [-0.05, 0) is 60.2 Å². The van der Waals surface area contributed by atoms with Crippen molar-refractivity contribution in [1.82, 2.24) is 0 Å². The van der Waals surface area contributed by atoms with E-state index >= 15 is 0 Å². The zero-order valence-corrected chi connectivity index (χ0v) is 19.0. The minimum atomic E-state index is -1.01. The summed E-state index contributed by atoms with van der Waals surface area (Å²) in [6.45, 7) is 6.54. The average Bonchev–Trinajstić information content (AvgIpc) is 2.85. The summed E-state index contributed by atoms with van der Waals surface area (Å²) < 4.78 is 60.3. The molecule has 3 aromatic rings. The molecule has 0 spiro atoms. The fourth-order valence-corrected chi connectivity index (χ4v) is 3.94. The van der Waals surface area contributed by atoms with Crippen LogP contribution in [0.1, 0.15) is 31.2 Å². The monoisotopic (exact) mass is 468 g/mol. The van der Waals surface area contributed by atoms with Crippen LogP contribution in [-0.4, -0.2) is 26.1 Å². The van der Waals surface area contributed by atoms with E-state index in [1.165, 1.54) is 18.2 Å². The highest BCUT2D eigenvalue weighted by molar-refractivity contribution is 5.71. The smallest absolute Gasteiger partial charge is 0.201 e. The Morgan fingerprint density at radius 1 is 0.912 bits per heavy atom. The van der Waals surface area contributed by atoms with Gasteiger partial charge in [-0.15, -0.1) is 6.58 Å². The molecule has 0 aliphatic carbocycles. The van der Waals surface area contributed by atoms with Crippen LogP contribution in [0.15, 0.2) is 67.3 Å². The first-order valence-electron chi connectivity index (χ1n) is 11.3. The first-order chi connectivity index (χ1) is 16.5. The predicted octanol–water partition coefficient (Wildman–Crippen LogP) is 7.26. The summed E-state index contributed by atoms with van der Waals surface area (Å²) in [5.41, 5.74) is 2.66. The minimum Gasteiger partial charge on any atom is -0.490 e. The van der Waals surface area contributed by atoms with Crippen LogP contribution in [0.4, 0.5) is 13.2 Å². The lowest BCUT2D eigenvalue weighted by Crippen LogP contribution is -2.29. The van der Waals surface area contributed by atoms with Crippen LogP contribution in [0.3, 0.4) is 0 Å². The molecule has 0 saturated carbocycles. The molecule has 3 nitrogen and oxygen atoms in total. The molecule has 0 radical (unpaired) electrons. The van der Waals surface area contributed by atoms with E-state index in [4.69, 9.17) is 14.2 Å². The Morgan fingerprint density at radius 3 is 2.26 bits per heavy atom. The molecule has 0 N–H and O–H groups in total. The summed E-state index contributed by atoms with van der Waals surface area (Å²) in [6.07, 6.45) is 2.89. The first kappa shape index (κ1) is 24.0. The number of allylic oxidation sites excluding steroid dienone is 1. The zero-order chi connectivity index (χ0) is 24.1. The maximum absolute atomic E-state index is 14.8. The molecule has 1 fully saturated rings. The summed E-state index contributed by atoms with van der Waals surface area (Å²) in [4.78, 5) is 0. The van der Waals surface area contributed by atoms with Crippen LogP contribution in [0, 0.1) is 17.5 Å². The van der Waals surface area contributed by atoms with E-state index in [1.807, 2.05) is 13.0 Å². The number of rotatable bonds is 8. The highest BCUT2D eigenvalue weighted by atomic mass is 19.2. The van der Waals surface area contributed by atoms with Crippen LogP contribution in [0.5, 0.6) is 5.75 Å². The number of halogens is 3. The van der Waals surface area contributed by atoms with E-state index in [-0.39, 0.29) is 35.9 Å². The molecule has 0 unspecified atom stereocenters. The van der Waals surface area contributed by atoms with Gasteiger partial charge in [0.2, 0.25) is 5.82 Å². The number of hydrogen-bond acceptors (Lipinski definition) is 3. The van der Waals surface area contributed by atoms with Crippen molar-refractivity contribution < 1.29 is 27.4 Å². The van der Waals surface area contributed by atoms with Gasteiger partial charge in [0.15, 0.2) is 17.9 Å². The van der Waals surface area contributed by atoms with Crippen molar-refractivity contribution in [3.05, 3.63) is 90.3 Å². The van der Waals surface area contributed by atoms with Crippen LogP contribution < -0.4 is 4.74 Å². The molecule has 6 heteroatoms. The van der Waals surface area contributed by atoms with E-state index in [0.29, 0.717) is 36.3 Å². The molecule has 3 aromatic carbocycles. The van der Waals surface area contributed by atoms with E-state index in [0.717, 1.165) is 12.0 Å². The van der Waals surface area contributed by atoms with Crippen LogP contribution in [0.2, 0.25) is 0 Å². The van der Waals surface area contributed by atoms with Gasteiger partial charge < -0.3 is 14.2 Å². The molecule has 1 heterocycles. The largest absolute Gasteiger partial charge is 0.490 e. The first-order valence-corrected chi connectivity index (χ1v) is 11.3. The normalized spacial score (nSPS) is 18.0. The third-order valence-electron chi connectivity index (χ3n) is 5.89. The molecule has 1 aliphatic rings. The second-order valence-corrected chi connectivity index (χ2v) is 8.26. The lowest BCUT2D eigenvalue weighted by atomic mass is 9.95. The second kappa shape index (κ2) is 10.9. The minimum absolute atomic E-state index is 0.110. The molecular weight excluding hydrogens is 441 g/mol. The van der Waals surface area contributed by atoms with E-state index in [1.54, 1.807) is 36.4 Å². The Morgan fingerprint density at radius 2 is 1.59 bits per heavy atom. The fraction of sp³-hybridized carbons (Fsp3) is 0.286. The van der Waals surface area contributed by atoms with Crippen LogP contribution >= 0.6 is 0 Å². The van der Waals surface area contributed by atoms with Gasteiger partial charge in [-0.1, -0.05) is 42.5 Å². The maximum Gasteiger partial charge on any atom is 0.201 e. The van der Waals surface area contributed by atoms with Gasteiger partial charge in [0, 0.05) is 11.5 Å². The number of ether oxygens (including phenoxy) is 3. The van der Waals surface area contributed by atoms with Crippen LogP contribution in [0.25, 0.3) is 22.3 Å². The van der Waals surface area contributed by atoms with Crippen molar-refractivity contribution in [3.63, 3.8) is 0 Å². The van der Waals surface area contributed by atoms with Crippen molar-refractivity contribution >= 4 is 0 Å². The fourth-order valence-electron chi connectivity index (χ4n) is 3.94.